The standard InChI is InChI=1S/C22H29FN6O2/c1-2-3-9-31-22-26-20(24)19-21(27-22)29(14-18(30)25-19)12-16-6-4-5-15(10-16)11-28-8-7-17(23)13-28/h4-6,10,17H,2-3,7-9,11-14H2,1H3,(H,25,30)(H2,24,26,27)/t17-/m1/s1. The van der Waals surface area contributed by atoms with Crippen LogP contribution in [0.4, 0.5) is 21.7 Å². The number of halogens is 1. The molecule has 0 bridgehead atoms. The van der Waals surface area contributed by atoms with Crippen LogP contribution in [0.1, 0.15) is 37.3 Å². The van der Waals surface area contributed by atoms with Crippen LogP contribution in [0.15, 0.2) is 24.3 Å². The fraction of sp³-hybridized carbons (Fsp3) is 0.500. The largest absolute Gasteiger partial charge is 0.463 e. The lowest BCUT2D eigenvalue weighted by Crippen LogP contribution is -2.39. The zero-order valence-electron chi connectivity index (χ0n) is 17.8. The summed E-state index contributed by atoms with van der Waals surface area (Å²) >= 11 is 0. The number of anilines is 3. The summed E-state index contributed by atoms with van der Waals surface area (Å²) in [5.74, 6) is 0.589. The van der Waals surface area contributed by atoms with Crippen LogP contribution in [0, 0.1) is 0 Å². The number of nitrogen functional groups attached to an aromatic ring is 1. The molecule has 1 aromatic carbocycles. The van der Waals surface area contributed by atoms with Gasteiger partial charge in [0.1, 0.15) is 11.9 Å². The molecule has 2 aromatic rings. The van der Waals surface area contributed by atoms with Crippen molar-refractivity contribution in [2.45, 2.75) is 45.4 Å². The predicted molar refractivity (Wildman–Crippen MR) is 118 cm³/mol. The number of aromatic nitrogens is 2. The van der Waals surface area contributed by atoms with Gasteiger partial charge >= 0.3 is 6.01 Å². The molecular formula is C22H29FN6O2. The first-order valence-corrected chi connectivity index (χ1v) is 10.8. The number of nitrogens with zero attached hydrogens (tertiary/aromatic N) is 4. The van der Waals surface area contributed by atoms with Gasteiger partial charge in [0.25, 0.3) is 0 Å². The second kappa shape index (κ2) is 9.47. The van der Waals surface area contributed by atoms with E-state index in [-0.39, 0.29) is 24.3 Å². The Morgan fingerprint density at radius 2 is 2.10 bits per heavy atom. The normalized spacial score (nSPS) is 18.7. The van der Waals surface area contributed by atoms with Gasteiger partial charge in [-0.1, -0.05) is 37.6 Å². The van der Waals surface area contributed by atoms with Gasteiger partial charge in [0, 0.05) is 26.2 Å². The number of hydrogen-bond donors (Lipinski definition) is 2. The van der Waals surface area contributed by atoms with Crippen LogP contribution >= 0.6 is 0 Å². The zero-order chi connectivity index (χ0) is 21.8. The highest BCUT2D eigenvalue weighted by atomic mass is 19.1. The minimum absolute atomic E-state index is 0.162. The van der Waals surface area contributed by atoms with E-state index in [0.717, 1.165) is 37.1 Å². The van der Waals surface area contributed by atoms with Crippen molar-refractivity contribution in [1.29, 1.82) is 0 Å². The van der Waals surface area contributed by atoms with Gasteiger partial charge in [-0.25, -0.2) is 4.39 Å². The summed E-state index contributed by atoms with van der Waals surface area (Å²) in [5.41, 5.74) is 8.67. The highest BCUT2D eigenvalue weighted by Crippen LogP contribution is 2.34. The van der Waals surface area contributed by atoms with Gasteiger partial charge in [-0.3, -0.25) is 9.69 Å². The highest BCUT2D eigenvalue weighted by Gasteiger charge is 2.28. The topological polar surface area (TPSA) is 96.6 Å². The number of carbonyl (C=O) groups is 1. The summed E-state index contributed by atoms with van der Waals surface area (Å²) in [7, 11) is 0. The van der Waals surface area contributed by atoms with Crippen molar-refractivity contribution in [3.63, 3.8) is 0 Å². The van der Waals surface area contributed by atoms with E-state index in [0.29, 0.717) is 37.6 Å². The number of likely N-dealkylation sites (tertiary alicyclic amines) is 1. The molecule has 31 heavy (non-hydrogen) atoms. The second-order valence-corrected chi connectivity index (χ2v) is 8.14. The van der Waals surface area contributed by atoms with Gasteiger partial charge in [-0.05, 0) is 24.0 Å². The summed E-state index contributed by atoms with van der Waals surface area (Å²) in [4.78, 5) is 25.0. The molecule has 9 heteroatoms. The summed E-state index contributed by atoms with van der Waals surface area (Å²) < 4.78 is 19.1. The first-order valence-electron chi connectivity index (χ1n) is 10.8. The van der Waals surface area contributed by atoms with E-state index in [2.05, 4.69) is 33.2 Å². The van der Waals surface area contributed by atoms with Crippen LogP contribution in [0.25, 0.3) is 0 Å². The monoisotopic (exact) mass is 428 g/mol. The number of nitrogens with two attached hydrogens (primary N) is 1. The van der Waals surface area contributed by atoms with Crippen molar-refractivity contribution in [2.75, 3.05) is 42.2 Å². The number of alkyl halides is 1. The smallest absolute Gasteiger partial charge is 0.320 e. The molecule has 166 valence electrons. The lowest BCUT2D eigenvalue weighted by molar-refractivity contribution is -0.115. The van der Waals surface area contributed by atoms with E-state index in [1.165, 1.54) is 0 Å². The van der Waals surface area contributed by atoms with Crippen LogP contribution in [-0.4, -0.2) is 53.2 Å². The molecule has 2 aliphatic heterocycles. The first-order chi connectivity index (χ1) is 15.0. The Morgan fingerprint density at radius 3 is 2.84 bits per heavy atom. The zero-order valence-corrected chi connectivity index (χ0v) is 17.8. The fourth-order valence-corrected chi connectivity index (χ4v) is 3.96. The molecule has 1 aromatic heterocycles. The summed E-state index contributed by atoms with van der Waals surface area (Å²) in [6, 6.07) is 8.37. The number of rotatable bonds is 8. The summed E-state index contributed by atoms with van der Waals surface area (Å²) in [6.07, 6.45) is 1.77. The van der Waals surface area contributed by atoms with Gasteiger partial charge in [-0.2, -0.15) is 9.97 Å². The minimum atomic E-state index is -0.731. The van der Waals surface area contributed by atoms with Crippen LogP contribution in [0.5, 0.6) is 6.01 Å². The van der Waals surface area contributed by atoms with Crippen LogP contribution in [-0.2, 0) is 17.9 Å². The Bertz CT molecular complexity index is 940. The van der Waals surface area contributed by atoms with E-state index in [1.807, 2.05) is 23.1 Å². The minimum Gasteiger partial charge on any atom is -0.463 e. The average molecular weight is 429 g/mol. The number of nitrogens with one attached hydrogen (secondary N) is 1. The molecule has 0 saturated carbocycles. The van der Waals surface area contributed by atoms with Crippen molar-refractivity contribution < 1.29 is 13.9 Å². The number of fused-ring (bicyclic) bond motifs is 1. The molecule has 2 aliphatic rings. The van der Waals surface area contributed by atoms with E-state index in [9.17, 15) is 9.18 Å². The maximum absolute atomic E-state index is 13.5. The first kappa shape index (κ1) is 21.3. The van der Waals surface area contributed by atoms with E-state index in [1.54, 1.807) is 0 Å². The quantitative estimate of drug-likeness (QED) is 0.624. The molecule has 3 N–H and O–H groups in total. The van der Waals surface area contributed by atoms with Crippen LogP contribution < -0.4 is 20.7 Å². The average Bonchev–Trinajstić information content (AvgIpc) is 3.14. The van der Waals surface area contributed by atoms with E-state index in [4.69, 9.17) is 10.5 Å². The number of benzene rings is 1. The number of amides is 1. The van der Waals surface area contributed by atoms with Crippen LogP contribution in [0.3, 0.4) is 0 Å². The maximum Gasteiger partial charge on any atom is 0.320 e. The predicted octanol–water partition coefficient (Wildman–Crippen LogP) is 2.74. The number of hydrogen-bond acceptors (Lipinski definition) is 7. The van der Waals surface area contributed by atoms with Crippen molar-refractivity contribution in [3.8, 4) is 6.01 Å². The van der Waals surface area contributed by atoms with E-state index < -0.39 is 6.17 Å². The van der Waals surface area contributed by atoms with Crippen molar-refractivity contribution >= 4 is 23.2 Å². The molecule has 4 rings (SSSR count). The molecular weight excluding hydrogens is 399 g/mol. The Labute approximate surface area is 181 Å². The van der Waals surface area contributed by atoms with Crippen molar-refractivity contribution in [1.82, 2.24) is 14.9 Å². The Hall–Kier alpha value is -2.94. The third-order valence-corrected chi connectivity index (χ3v) is 5.51. The van der Waals surface area contributed by atoms with E-state index >= 15 is 0 Å². The second-order valence-electron chi connectivity index (χ2n) is 8.14. The molecule has 0 radical (unpaired) electrons. The SMILES string of the molecule is CCCCOc1nc(N)c2c(n1)N(Cc1cccc(CN3CC[C@@H](F)C3)c1)CC(=O)N2. The van der Waals surface area contributed by atoms with Crippen molar-refractivity contribution in [3.05, 3.63) is 35.4 Å². The van der Waals surface area contributed by atoms with Crippen LogP contribution in [0.2, 0.25) is 0 Å². The lowest BCUT2D eigenvalue weighted by atomic mass is 10.1. The number of ether oxygens (including phenoxy) is 1. The lowest BCUT2D eigenvalue weighted by Gasteiger charge is -2.30. The Morgan fingerprint density at radius 1 is 1.29 bits per heavy atom. The molecule has 1 fully saturated rings. The fourth-order valence-electron chi connectivity index (χ4n) is 3.96. The molecule has 1 saturated heterocycles. The van der Waals surface area contributed by atoms with Gasteiger partial charge in [-0.15, -0.1) is 0 Å². The molecule has 3 heterocycles. The maximum atomic E-state index is 13.5. The number of unbranched alkanes of at least 4 members (excludes halogenated alkanes) is 1. The van der Waals surface area contributed by atoms with Crippen molar-refractivity contribution in [2.24, 2.45) is 0 Å². The van der Waals surface area contributed by atoms with Gasteiger partial charge in [0.2, 0.25) is 5.91 Å². The van der Waals surface area contributed by atoms with Gasteiger partial charge in [0.15, 0.2) is 11.6 Å². The Balaban J connectivity index is 1.52. The molecule has 1 atom stereocenters. The third-order valence-electron chi connectivity index (χ3n) is 5.51. The molecule has 8 nitrogen and oxygen atoms in total. The molecule has 0 spiro atoms. The van der Waals surface area contributed by atoms with Gasteiger partial charge < -0.3 is 20.7 Å². The van der Waals surface area contributed by atoms with Gasteiger partial charge in [0.05, 0.1) is 13.2 Å². The third kappa shape index (κ3) is 5.22. The summed E-state index contributed by atoms with van der Waals surface area (Å²) in [5, 5.41) is 2.77. The Kier molecular flexibility index (Phi) is 6.50. The summed E-state index contributed by atoms with van der Waals surface area (Å²) in [6.45, 7) is 5.23. The molecule has 1 amide bonds. The molecule has 0 aliphatic carbocycles. The molecule has 0 unspecified atom stereocenters. The number of carbonyl (C=O) groups excluding carboxylic acids is 1. The highest BCUT2D eigenvalue weighted by molar-refractivity contribution is 6.03.